The minimum Gasteiger partial charge on any atom is -0.313 e. The molecule has 0 aliphatic heterocycles. The van der Waals surface area contributed by atoms with Gasteiger partial charge >= 0.3 is 0 Å². The molecular formula is C15H19BrClN3. The van der Waals surface area contributed by atoms with Gasteiger partial charge in [-0.15, -0.1) is 0 Å². The van der Waals surface area contributed by atoms with E-state index < -0.39 is 0 Å². The average molecular weight is 357 g/mol. The minimum atomic E-state index is 0.205. The first kappa shape index (κ1) is 15.5. The highest BCUT2D eigenvalue weighted by molar-refractivity contribution is 9.10. The molecule has 1 N–H and O–H groups in total. The van der Waals surface area contributed by atoms with Crippen LogP contribution in [0.2, 0.25) is 5.02 Å². The number of halogens is 2. The molecule has 0 aliphatic carbocycles. The zero-order valence-corrected chi connectivity index (χ0v) is 14.2. The van der Waals surface area contributed by atoms with Crippen LogP contribution in [0.1, 0.15) is 37.2 Å². The van der Waals surface area contributed by atoms with Gasteiger partial charge in [0, 0.05) is 29.2 Å². The summed E-state index contributed by atoms with van der Waals surface area (Å²) in [6.07, 6.45) is 2.87. The third-order valence-corrected chi connectivity index (χ3v) is 4.53. The van der Waals surface area contributed by atoms with E-state index in [4.69, 9.17) is 11.6 Å². The molecular weight excluding hydrogens is 338 g/mol. The average Bonchev–Trinajstić information content (AvgIpc) is 2.88. The first-order valence-corrected chi connectivity index (χ1v) is 7.84. The summed E-state index contributed by atoms with van der Waals surface area (Å²) >= 11 is 9.59. The summed E-state index contributed by atoms with van der Waals surface area (Å²) in [5.41, 5.74) is 2.25. The Balaban J connectivity index is 2.17. The van der Waals surface area contributed by atoms with E-state index in [9.17, 15) is 0 Å². The molecule has 5 heteroatoms. The van der Waals surface area contributed by atoms with Crippen molar-refractivity contribution in [2.24, 2.45) is 0 Å². The maximum absolute atomic E-state index is 6.17. The Labute approximate surface area is 133 Å². The van der Waals surface area contributed by atoms with Crippen LogP contribution in [0, 0.1) is 0 Å². The monoisotopic (exact) mass is 355 g/mol. The van der Waals surface area contributed by atoms with Crippen molar-refractivity contribution in [2.45, 2.75) is 32.4 Å². The SMILES string of the molecule is CNC(Cc1ccn(C(C)C)n1)c1ccc(Br)c(Cl)c1. The highest BCUT2D eigenvalue weighted by Gasteiger charge is 2.13. The summed E-state index contributed by atoms with van der Waals surface area (Å²) in [4.78, 5) is 0. The van der Waals surface area contributed by atoms with Crippen LogP contribution in [0.15, 0.2) is 34.9 Å². The zero-order valence-electron chi connectivity index (χ0n) is 11.9. The highest BCUT2D eigenvalue weighted by Crippen LogP contribution is 2.27. The molecule has 20 heavy (non-hydrogen) atoms. The van der Waals surface area contributed by atoms with E-state index in [2.05, 4.69) is 52.3 Å². The summed E-state index contributed by atoms with van der Waals surface area (Å²) in [5.74, 6) is 0. The molecule has 3 nitrogen and oxygen atoms in total. The molecule has 2 rings (SSSR count). The molecule has 1 aromatic carbocycles. The Kier molecular flexibility index (Phi) is 5.24. The standard InChI is InChI=1S/C15H19BrClN3/c1-10(2)20-7-6-12(19-20)9-15(18-3)11-4-5-13(16)14(17)8-11/h4-8,10,15,18H,9H2,1-3H3. The molecule has 0 fully saturated rings. The van der Waals surface area contributed by atoms with E-state index in [1.807, 2.05) is 30.1 Å². The van der Waals surface area contributed by atoms with Crippen LogP contribution < -0.4 is 5.32 Å². The van der Waals surface area contributed by atoms with Gasteiger partial charge in [0.2, 0.25) is 0 Å². The van der Waals surface area contributed by atoms with Gasteiger partial charge in [-0.25, -0.2) is 0 Å². The summed E-state index contributed by atoms with van der Waals surface area (Å²) in [6.45, 7) is 4.25. The Morgan fingerprint density at radius 2 is 2.10 bits per heavy atom. The normalized spacial score (nSPS) is 12.9. The molecule has 1 atom stereocenters. The summed E-state index contributed by atoms with van der Waals surface area (Å²) < 4.78 is 2.90. The quantitative estimate of drug-likeness (QED) is 0.861. The fraction of sp³-hybridized carbons (Fsp3) is 0.400. The van der Waals surface area contributed by atoms with Gasteiger partial charge in [-0.1, -0.05) is 17.7 Å². The Morgan fingerprint density at radius 1 is 1.35 bits per heavy atom. The molecule has 108 valence electrons. The van der Waals surface area contributed by atoms with E-state index >= 15 is 0 Å². The van der Waals surface area contributed by atoms with Crippen molar-refractivity contribution in [3.8, 4) is 0 Å². The topological polar surface area (TPSA) is 29.9 Å². The predicted octanol–water partition coefficient (Wildman–Crippen LogP) is 4.38. The van der Waals surface area contributed by atoms with Gasteiger partial charge in [0.25, 0.3) is 0 Å². The number of likely N-dealkylation sites (N-methyl/N-ethyl adjacent to an activating group) is 1. The molecule has 0 spiro atoms. The van der Waals surface area contributed by atoms with Gasteiger partial charge in [0.05, 0.1) is 10.7 Å². The van der Waals surface area contributed by atoms with Gasteiger partial charge in [-0.3, -0.25) is 4.68 Å². The molecule has 0 aliphatic rings. The first-order valence-electron chi connectivity index (χ1n) is 6.67. The second kappa shape index (κ2) is 6.74. The van der Waals surface area contributed by atoms with E-state index in [-0.39, 0.29) is 6.04 Å². The van der Waals surface area contributed by atoms with Gasteiger partial charge in [0.15, 0.2) is 0 Å². The van der Waals surface area contributed by atoms with Crippen molar-refractivity contribution in [3.63, 3.8) is 0 Å². The second-order valence-corrected chi connectivity index (χ2v) is 6.36. The fourth-order valence-electron chi connectivity index (χ4n) is 2.10. The third kappa shape index (κ3) is 3.62. The highest BCUT2D eigenvalue weighted by atomic mass is 79.9. The number of nitrogens with one attached hydrogen (secondary N) is 1. The number of rotatable bonds is 5. The maximum Gasteiger partial charge on any atom is 0.0643 e. The summed E-state index contributed by atoms with van der Waals surface area (Å²) in [5, 5.41) is 8.66. The van der Waals surface area contributed by atoms with Crippen LogP contribution in [0.4, 0.5) is 0 Å². The molecule has 1 unspecified atom stereocenters. The second-order valence-electron chi connectivity index (χ2n) is 5.10. The zero-order chi connectivity index (χ0) is 14.7. The largest absolute Gasteiger partial charge is 0.313 e. The van der Waals surface area contributed by atoms with Crippen molar-refractivity contribution in [2.75, 3.05) is 7.05 Å². The maximum atomic E-state index is 6.17. The van der Waals surface area contributed by atoms with Gasteiger partial charge < -0.3 is 5.32 Å². The molecule has 0 amide bonds. The van der Waals surface area contributed by atoms with Crippen molar-refractivity contribution in [1.82, 2.24) is 15.1 Å². The molecule has 0 saturated carbocycles. The fourth-order valence-corrected chi connectivity index (χ4v) is 2.53. The number of aromatic nitrogens is 2. The molecule has 1 heterocycles. The number of hydrogen-bond acceptors (Lipinski definition) is 2. The third-order valence-electron chi connectivity index (χ3n) is 3.30. The van der Waals surface area contributed by atoms with Crippen molar-refractivity contribution in [3.05, 3.63) is 51.2 Å². The van der Waals surface area contributed by atoms with Crippen LogP contribution in [-0.4, -0.2) is 16.8 Å². The predicted molar refractivity (Wildman–Crippen MR) is 87.3 cm³/mol. The molecule has 0 bridgehead atoms. The Morgan fingerprint density at radius 3 is 2.65 bits per heavy atom. The van der Waals surface area contributed by atoms with Gasteiger partial charge in [-0.2, -0.15) is 5.10 Å². The van der Waals surface area contributed by atoms with Crippen molar-refractivity contribution < 1.29 is 0 Å². The first-order chi connectivity index (χ1) is 9.51. The smallest absolute Gasteiger partial charge is 0.0643 e. The van der Waals surface area contributed by atoms with Crippen molar-refractivity contribution in [1.29, 1.82) is 0 Å². The van der Waals surface area contributed by atoms with Crippen LogP contribution in [0.3, 0.4) is 0 Å². The lowest BCUT2D eigenvalue weighted by Crippen LogP contribution is -2.19. The molecule has 2 aromatic rings. The lowest BCUT2D eigenvalue weighted by atomic mass is 10.0. The Bertz CT molecular complexity index is 580. The molecule has 1 aromatic heterocycles. The van der Waals surface area contributed by atoms with E-state index in [0.29, 0.717) is 6.04 Å². The molecule has 0 radical (unpaired) electrons. The lowest BCUT2D eigenvalue weighted by molar-refractivity contribution is 0.515. The van der Waals surface area contributed by atoms with Crippen LogP contribution in [-0.2, 0) is 6.42 Å². The Hall–Kier alpha value is -0.840. The lowest BCUT2D eigenvalue weighted by Gasteiger charge is -2.16. The van der Waals surface area contributed by atoms with E-state index in [1.54, 1.807) is 0 Å². The number of hydrogen-bond donors (Lipinski definition) is 1. The van der Waals surface area contributed by atoms with Crippen LogP contribution in [0.25, 0.3) is 0 Å². The number of benzene rings is 1. The van der Waals surface area contributed by atoms with Crippen molar-refractivity contribution >= 4 is 27.5 Å². The van der Waals surface area contributed by atoms with Gasteiger partial charge in [-0.05, 0) is 60.6 Å². The van der Waals surface area contributed by atoms with E-state index in [0.717, 1.165) is 21.6 Å². The molecule has 0 saturated heterocycles. The summed E-state index contributed by atoms with van der Waals surface area (Å²) in [7, 11) is 1.96. The minimum absolute atomic E-state index is 0.205. The van der Waals surface area contributed by atoms with Crippen LogP contribution >= 0.6 is 27.5 Å². The number of nitrogens with zero attached hydrogens (tertiary/aromatic N) is 2. The summed E-state index contributed by atoms with van der Waals surface area (Å²) in [6, 6.07) is 8.72. The van der Waals surface area contributed by atoms with E-state index in [1.165, 1.54) is 5.56 Å². The van der Waals surface area contributed by atoms with Crippen LogP contribution in [0.5, 0.6) is 0 Å². The van der Waals surface area contributed by atoms with Gasteiger partial charge in [0.1, 0.15) is 0 Å².